The van der Waals surface area contributed by atoms with Gasteiger partial charge in [-0.2, -0.15) is 0 Å². The summed E-state index contributed by atoms with van der Waals surface area (Å²) in [5, 5.41) is 13.9. The number of piperidine rings is 1. The highest BCUT2D eigenvalue weighted by Crippen LogP contribution is 2.44. The third-order valence-electron chi connectivity index (χ3n) is 5.57. The largest absolute Gasteiger partial charge is 0.497 e. The molecule has 126 valence electrons. The number of methoxy groups -OCH3 is 1. The smallest absolute Gasteiger partial charge is 0.321 e. The van der Waals surface area contributed by atoms with Crippen LogP contribution in [0.4, 0.5) is 10.5 Å². The predicted octanol–water partition coefficient (Wildman–Crippen LogP) is 3.10. The predicted molar refractivity (Wildman–Crippen MR) is 89.7 cm³/mol. The summed E-state index contributed by atoms with van der Waals surface area (Å²) in [6.45, 7) is 3.28. The molecule has 0 aromatic heterocycles. The van der Waals surface area contributed by atoms with Gasteiger partial charge >= 0.3 is 6.03 Å². The molecule has 2 atom stereocenters. The second-order valence-corrected chi connectivity index (χ2v) is 6.87. The fraction of sp³-hybridized carbons (Fsp3) is 0.611. The highest BCUT2D eigenvalue weighted by Gasteiger charge is 2.47. The van der Waals surface area contributed by atoms with E-state index in [1.165, 1.54) is 6.42 Å². The van der Waals surface area contributed by atoms with Crippen molar-refractivity contribution in [3.8, 4) is 5.75 Å². The van der Waals surface area contributed by atoms with E-state index in [4.69, 9.17) is 4.74 Å². The van der Waals surface area contributed by atoms with Gasteiger partial charge in [0.1, 0.15) is 5.75 Å². The topological polar surface area (TPSA) is 61.8 Å². The molecule has 0 spiro atoms. The molecule has 1 aromatic rings. The summed E-state index contributed by atoms with van der Waals surface area (Å²) in [7, 11) is 1.62. The van der Waals surface area contributed by atoms with E-state index < -0.39 is 5.60 Å². The van der Waals surface area contributed by atoms with Crippen LogP contribution in [0, 0.1) is 11.8 Å². The maximum atomic E-state index is 12.4. The van der Waals surface area contributed by atoms with Crippen LogP contribution in [0.2, 0.25) is 0 Å². The van der Waals surface area contributed by atoms with Gasteiger partial charge in [0.2, 0.25) is 0 Å². The summed E-state index contributed by atoms with van der Waals surface area (Å²) in [6.07, 6.45) is 4.15. The van der Waals surface area contributed by atoms with Crippen LogP contribution in [0.5, 0.6) is 5.75 Å². The van der Waals surface area contributed by atoms with Crippen LogP contribution in [0.1, 0.15) is 32.6 Å². The fourth-order valence-corrected chi connectivity index (χ4v) is 3.72. The maximum Gasteiger partial charge on any atom is 0.321 e. The second-order valence-electron chi connectivity index (χ2n) is 6.87. The number of rotatable bonds is 3. The van der Waals surface area contributed by atoms with E-state index in [1.807, 2.05) is 29.2 Å². The maximum absolute atomic E-state index is 12.4. The Labute approximate surface area is 137 Å². The first-order chi connectivity index (χ1) is 11.0. The number of anilines is 1. The fourth-order valence-electron chi connectivity index (χ4n) is 3.72. The van der Waals surface area contributed by atoms with Gasteiger partial charge in [0, 0.05) is 24.7 Å². The molecule has 23 heavy (non-hydrogen) atoms. The van der Waals surface area contributed by atoms with E-state index >= 15 is 0 Å². The average molecular weight is 318 g/mol. The van der Waals surface area contributed by atoms with E-state index in [0.29, 0.717) is 25.4 Å². The van der Waals surface area contributed by atoms with Crippen molar-refractivity contribution in [1.82, 2.24) is 4.90 Å². The zero-order chi connectivity index (χ0) is 16.4. The number of hydrogen-bond acceptors (Lipinski definition) is 3. The molecule has 2 N–H and O–H groups in total. The third-order valence-corrected chi connectivity index (χ3v) is 5.57. The number of amides is 2. The molecule has 1 aliphatic heterocycles. The van der Waals surface area contributed by atoms with Gasteiger partial charge in [0.25, 0.3) is 0 Å². The van der Waals surface area contributed by atoms with Crippen molar-refractivity contribution < 1.29 is 14.6 Å². The van der Waals surface area contributed by atoms with E-state index in [-0.39, 0.29) is 11.9 Å². The van der Waals surface area contributed by atoms with Gasteiger partial charge in [0.05, 0.1) is 12.7 Å². The number of aliphatic hydroxyl groups is 1. The standard InChI is InChI=1S/C18H26N2O3/c1-13-12-20(11-10-18(13,22)14-4-3-5-14)17(21)19-15-6-8-16(23-2)9-7-15/h6-9,13-14,22H,3-5,10-12H2,1-2H3,(H,19,21)/t13-,18+/m1/s1. The summed E-state index contributed by atoms with van der Waals surface area (Å²) in [5.41, 5.74) is 0.165. The summed E-state index contributed by atoms with van der Waals surface area (Å²) >= 11 is 0. The first kappa shape index (κ1) is 16.1. The van der Waals surface area contributed by atoms with Crippen LogP contribution in [-0.2, 0) is 0 Å². The van der Waals surface area contributed by atoms with Crippen molar-refractivity contribution in [2.45, 2.75) is 38.2 Å². The number of carbonyl (C=O) groups is 1. The highest BCUT2D eigenvalue weighted by atomic mass is 16.5. The molecule has 2 fully saturated rings. The van der Waals surface area contributed by atoms with Crippen molar-refractivity contribution in [3.63, 3.8) is 0 Å². The lowest BCUT2D eigenvalue weighted by Gasteiger charge is -2.50. The van der Waals surface area contributed by atoms with Gasteiger partial charge in [-0.3, -0.25) is 0 Å². The molecule has 3 rings (SSSR count). The third kappa shape index (κ3) is 3.15. The number of hydrogen-bond donors (Lipinski definition) is 2. The zero-order valence-corrected chi connectivity index (χ0v) is 13.9. The summed E-state index contributed by atoms with van der Waals surface area (Å²) in [6, 6.07) is 7.20. The minimum Gasteiger partial charge on any atom is -0.497 e. The normalized spacial score (nSPS) is 28.1. The molecule has 1 aromatic carbocycles. The van der Waals surface area contributed by atoms with Crippen LogP contribution < -0.4 is 10.1 Å². The molecule has 1 saturated heterocycles. The van der Waals surface area contributed by atoms with Gasteiger partial charge in [-0.15, -0.1) is 0 Å². The van der Waals surface area contributed by atoms with Gasteiger partial charge in [-0.05, 0) is 49.4 Å². The minimum absolute atomic E-state index is 0.0994. The van der Waals surface area contributed by atoms with Crippen molar-refractivity contribution in [3.05, 3.63) is 24.3 Å². The Bertz CT molecular complexity index is 556. The van der Waals surface area contributed by atoms with Crippen molar-refractivity contribution >= 4 is 11.7 Å². The monoisotopic (exact) mass is 318 g/mol. The molecular formula is C18H26N2O3. The zero-order valence-electron chi connectivity index (χ0n) is 13.9. The van der Waals surface area contributed by atoms with Crippen molar-refractivity contribution in [2.24, 2.45) is 11.8 Å². The van der Waals surface area contributed by atoms with Crippen molar-refractivity contribution in [2.75, 3.05) is 25.5 Å². The number of carbonyl (C=O) groups excluding carboxylic acids is 1. The van der Waals surface area contributed by atoms with Gasteiger partial charge in [0.15, 0.2) is 0 Å². The molecule has 5 nitrogen and oxygen atoms in total. The van der Waals surface area contributed by atoms with Crippen LogP contribution in [0.25, 0.3) is 0 Å². The molecule has 1 heterocycles. The van der Waals surface area contributed by atoms with Crippen LogP contribution in [-0.4, -0.2) is 41.8 Å². The van der Waals surface area contributed by atoms with Crippen LogP contribution in [0.3, 0.4) is 0 Å². The van der Waals surface area contributed by atoms with Crippen molar-refractivity contribution in [1.29, 1.82) is 0 Å². The van der Waals surface area contributed by atoms with Crippen LogP contribution in [0.15, 0.2) is 24.3 Å². The van der Waals surface area contributed by atoms with E-state index in [9.17, 15) is 9.90 Å². The van der Waals surface area contributed by atoms with Crippen LogP contribution >= 0.6 is 0 Å². The SMILES string of the molecule is COc1ccc(NC(=O)N2CC[C@@](O)(C3CCC3)[C@H](C)C2)cc1. The Balaban J connectivity index is 1.58. The van der Waals surface area contributed by atoms with Gasteiger partial charge in [-0.1, -0.05) is 13.3 Å². The lowest BCUT2D eigenvalue weighted by Crippen LogP contribution is -2.57. The first-order valence-electron chi connectivity index (χ1n) is 8.45. The molecule has 5 heteroatoms. The number of benzene rings is 1. The number of ether oxygens (including phenoxy) is 1. The molecule has 0 unspecified atom stereocenters. The Morgan fingerprint density at radius 3 is 2.57 bits per heavy atom. The molecule has 2 aliphatic rings. The molecular weight excluding hydrogens is 292 g/mol. The molecule has 0 radical (unpaired) electrons. The Hall–Kier alpha value is -1.75. The molecule has 2 amide bonds. The number of nitrogens with zero attached hydrogens (tertiary/aromatic N) is 1. The lowest BCUT2D eigenvalue weighted by molar-refractivity contribution is -0.120. The molecule has 0 bridgehead atoms. The number of nitrogens with one attached hydrogen (secondary N) is 1. The summed E-state index contributed by atoms with van der Waals surface area (Å²) in [5.74, 6) is 1.30. The first-order valence-corrected chi connectivity index (χ1v) is 8.45. The molecule has 1 aliphatic carbocycles. The number of urea groups is 1. The summed E-state index contributed by atoms with van der Waals surface area (Å²) in [4.78, 5) is 14.2. The Morgan fingerprint density at radius 2 is 2.04 bits per heavy atom. The number of likely N-dealkylation sites (tertiary alicyclic amines) is 1. The quantitative estimate of drug-likeness (QED) is 0.900. The average Bonchev–Trinajstić information content (AvgIpc) is 2.49. The van der Waals surface area contributed by atoms with Gasteiger partial charge in [-0.25, -0.2) is 4.79 Å². The van der Waals surface area contributed by atoms with E-state index in [1.54, 1.807) is 7.11 Å². The second kappa shape index (κ2) is 6.40. The minimum atomic E-state index is -0.588. The van der Waals surface area contributed by atoms with E-state index in [0.717, 1.165) is 24.3 Å². The highest BCUT2D eigenvalue weighted by molar-refractivity contribution is 5.89. The Kier molecular flexibility index (Phi) is 4.48. The molecule has 1 saturated carbocycles. The van der Waals surface area contributed by atoms with Gasteiger partial charge < -0.3 is 20.1 Å². The lowest BCUT2D eigenvalue weighted by atomic mass is 9.65. The van der Waals surface area contributed by atoms with E-state index in [2.05, 4.69) is 12.2 Å². The summed E-state index contributed by atoms with van der Waals surface area (Å²) < 4.78 is 5.12. The Morgan fingerprint density at radius 1 is 1.35 bits per heavy atom.